The molecule has 0 aliphatic carbocycles. The van der Waals surface area contributed by atoms with Crippen LogP contribution in [0.3, 0.4) is 0 Å². The number of hydrogen-bond donors (Lipinski definition) is 2. The summed E-state index contributed by atoms with van der Waals surface area (Å²) in [7, 11) is 2.14. The van der Waals surface area contributed by atoms with Crippen LogP contribution in [0.25, 0.3) is 11.3 Å². The zero-order chi connectivity index (χ0) is 33.9. The molecule has 252 valence electrons. The van der Waals surface area contributed by atoms with E-state index in [1.807, 2.05) is 72.8 Å². The van der Waals surface area contributed by atoms with Crippen LogP contribution in [0.1, 0.15) is 31.9 Å². The van der Waals surface area contributed by atoms with Crippen LogP contribution in [0.2, 0.25) is 5.02 Å². The van der Waals surface area contributed by atoms with Gasteiger partial charge in [-0.05, 0) is 61.2 Å². The number of anilines is 2. The molecule has 1 aliphatic heterocycles. The Morgan fingerprint density at radius 3 is 2.46 bits per heavy atom. The number of para-hydroxylation sites is 1. The number of ether oxygens (including phenoxy) is 2. The van der Waals surface area contributed by atoms with Crippen LogP contribution in [0.4, 0.5) is 11.6 Å². The number of likely N-dealkylation sites (N-methyl/N-ethyl adjacent to an activating group) is 1. The molecule has 1 aliphatic rings. The van der Waals surface area contributed by atoms with Gasteiger partial charge in [-0.15, -0.1) is 0 Å². The van der Waals surface area contributed by atoms with Crippen LogP contribution in [-0.4, -0.2) is 60.9 Å². The summed E-state index contributed by atoms with van der Waals surface area (Å²) in [5, 5.41) is 0.553. The molecular weight excluding hydrogens is 642 g/mol. The van der Waals surface area contributed by atoms with Crippen molar-refractivity contribution < 1.29 is 9.47 Å². The molecule has 11 heteroatoms. The second-order valence-electron chi connectivity index (χ2n) is 11.9. The van der Waals surface area contributed by atoms with Crippen molar-refractivity contribution in [3.8, 4) is 28.6 Å². The van der Waals surface area contributed by atoms with Gasteiger partial charge in [-0.1, -0.05) is 80.9 Å². The van der Waals surface area contributed by atoms with Crippen LogP contribution in [-0.2, 0) is 13.0 Å². The zero-order valence-corrected chi connectivity index (χ0v) is 29.6. The van der Waals surface area contributed by atoms with E-state index in [2.05, 4.69) is 47.3 Å². The van der Waals surface area contributed by atoms with Gasteiger partial charge in [-0.25, -0.2) is 4.98 Å². The smallest absolute Gasteiger partial charge is 0.237 e. The summed E-state index contributed by atoms with van der Waals surface area (Å²) in [5.41, 5.74) is 10.4. The minimum absolute atomic E-state index is 0.350. The normalized spacial score (nSPS) is 14.1. The van der Waals surface area contributed by atoms with Crippen molar-refractivity contribution in [1.29, 1.82) is 0 Å². The first kappa shape index (κ1) is 35.1. The first-order valence-corrected chi connectivity index (χ1v) is 17.5. The molecule has 9 nitrogen and oxygen atoms in total. The molecule has 0 atom stereocenters. The molecule has 0 amide bonds. The van der Waals surface area contributed by atoms with E-state index in [1.165, 1.54) is 18.1 Å². The summed E-state index contributed by atoms with van der Waals surface area (Å²) in [6.45, 7) is 11.2. The lowest BCUT2D eigenvalue weighted by Crippen LogP contribution is -2.44. The maximum absolute atomic E-state index is 7.03. The van der Waals surface area contributed by atoms with E-state index in [0.29, 0.717) is 58.7 Å². The van der Waals surface area contributed by atoms with Crippen LogP contribution in [0, 0.1) is 5.92 Å². The Labute approximate surface area is 293 Å². The zero-order valence-electron chi connectivity index (χ0n) is 28.0. The second-order valence-corrected chi connectivity index (χ2v) is 13.2. The van der Waals surface area contributed by atoms with E-state index >= 15 is 0 Å². The molecule has 2 heterocycles. The van der Waals surface area contributed by atoms with Crippen molar-refractivity contribution in [2.45, 2.75) is 33.7 Å². The Morgan fingerprint density at radius 1 is 1.00 bits per heavy atom. The predicted molar refractivity (Wildman–Crippen MR) is 201 cm³/mol. The van der Waals surface area contributed by atoms with Crippen molar-refractivity contribution >= 4 is 41.4 Å². The molecule has 4 aromatic rings. The second kappa shape index (κ2) is 17.2. The van der Waals surface area contributed by atoms with Crippen molar-refractivity contribution in [2.75, 3.05) is 49.5 Å². The van der Waals surface area contributed by atoms with E-state index in [4.69, 9.17) is 36.8 Å². The topological polar surface area (TPSA) is 101 Å². The summed E-state index contributed by atoms with van der Waals surface area (Å²) in [6, 6.07) is 23.9. The molecule has 3 aromatic carbocycles. The molecule has 48 heavy (non-hydrogen) atoms. The minimum atomic E-state index is 0.350. The third-order valence-corrected chi connectivity index (χ3v) is 8.93. The molecule has 0 spiro atoms. The predicted octanol–water partition coefficient (Wildman–Crippen LogP) is 8.07. The first-order valence-electron chi connectivity index (χ1n) is 16.3. The number of benzene rings is 3. The molecule has 0 unspecified atom stereocenters. The van der Waals surface area contributed by atoms with E-state index < -0.39 is 0 Å². The van der Waals surface area contributed by atoms with Gasteiger partial charge in [0.1, 0.15) is 16.5 Å². The number of nitrogens with two attached hydrogens (primary N) is 1. The number of aliphatic imine (C=N–C) groups is 1. The third kappa shape index (κ3) is 9.21. The van der Waals surface area contributed by atoms with Crippen molar-refractivity contribution in [1.82, 2.24) is 14.9 Å². The number of hydrogen-bond acceptors (Lipinski definition) is 10. The van der Waals surface area contributed by atoms with Gasteiger partial charge in [0.2, 0.25) is 11.8 Å². The van der Waals surface area contributed by atoms with Crippen LogP contribution >= 0.6 is 23.5 Å². The van der Waals surface area contributed by atoms with Crippen LogP contribution in [0.5, 0.6) is 17.4 Å². The lowest BCUT2D eigenvalue weighted by Gasteiger charge is -2.34. The Bertz CT molecular complexity index is 1710. The monoisotopic (exact) mass is 685 g/mol. The quantitative estimate of drug-likeness (QED) is 0.101. The van der Waals surface area contributed by atoms with Gasteiger partial charge in [0.25, 0.3) is 0 Å². The minimum Gasteiger partial charge on any atom is -0.493 e. The molecular formula is C37H44ClN7O2S. The summed E-state index contributed by atoms with van der Waals surface area (Å²) in [5.74, 6) is 2.41. The standard InChI is InChI=1S/C37H44ClN7O2S/c1-5-29-35(30-14-9-10-16-32(30)46-25-26(2)3)41-37(43-48-28(22-39)24-40-23-27-12-7-6-8-13-27)42-36(29)47-33-17-11-15-31(34(33)38)45-20-18-44(4)19-21-45/h6-17,22,24,26H,5,18-21,23,25,39H2,1-4H3,(H,41,42,43)/b28-22+,40-24?. The highest BCUT2D eigenvalue weighted by Crippen LogP contribution is 2.41. The molecule has 1 fully saturated rings. The molecule has 1 aromatic heterocycles. The number of aromatic nitrogens is 2. The molecule has 0 radical (unpaired) electrons. The Morgan fingerprint density at radius 2 is 1.73 bits per heavy atom. The Kier molecular flexibility index (Phi) is 12.6. The number of nitrogens with zero attached hydrogens (tertiary/aromatic N) is 5. The highest BCUT2D eigenvalue weighted by molar-refractivity contribution is 8.05. The Hall–Kier alpha value is -4.25. The van der Waals surface area contributed by atoms with Gasteiger partial charge in [0, 0.05) is 49.7 Å². The fraction of sp³-hybridized carbons (Fsp3) is 0.324. The number of allylic oxidation sites excluding steroid dienone is 1. The van der Waals surface area contributed by atoms with Gasteiger partial charge in [0.15, 0.2) is 0 Å². The van der Waals surface area contributed by atoms with Crippen LogP contribution in [0.15, 0.2) is 88.9 Å². The molecule has 5 rings (SSSR count). The van der Waals surface area contributed by atoms with E-state index in [9.17, 15) is 0 Å². The maximum atomic E-state index is 7.03. The molecule has 0 saturated carbocycles. The first-order chi connectivity index (χ1) is 23.4. The highest BCUT2D eigenvalue weighted by atomic mass is 35.5. The highest BCUT2D eigenvalue weighted by Gasteiger charge is 2.23. The largest absolute Gasteiger partial charge is 0.493 e. The molecule has 1 saturated heterocycles. The lowest BCUT2D eigenvalue weighted by atomic mass is 10.0. The summed E-state index contributed by atoms with van der Waals surface area (Å²) in [6.07, 6.45) is 3.86. The summed E-state index contributed by atoms with van der Waals surface area (Å²) >= 11 is 8.30. The van der Waals surface area contributed by atoms with Crippen molar-refractivity contribution in [3.05, 3.63) is 100 Å². The van der Waals surface area contributed by atoms with Gasteiger partial charge in [-0.2, -0.15) is 4.98 Å². The van der Waals surface area contributed by atoms with E-state index in [1.54, 1.807) is 6.21 Å². The number of rotatable bonds is 14. The fourth-order valence-electron chi connectivity index (χ4n) is 5.19. The lowest BCUT2D eigenvalue weighted by molar-refractivity contribution is 0.272. The van der Waals surface area contributed by atoms with Gasteiger partial charge >= 0.3 is 0 Å². The SMILES string of the molecule is CCc1c(Oc2cccc(N3CCN(C)CC3)c2Cl)nc(NS/C(C=NCc2ccccc2)=C/N)nc1-c1ccccc1OCC(C)C. The van der Waals surface area contributed by atoms with Gasteiger partial charge in [0.05, 0.1) is 29.4 Å². The van der Waals surface area contributed by atoms with Crippen molar-refractivity contribution in [3.63, 3.8) is 0 Å². The average molecular weight is 686 g/mol. The van der Waals surface area contributed by atoms with E-state index in [-0.39, 0.29) is 0 Å². The number of piperazine rings is 1. The number of halogens is 1. The average Bonchev–Trinajstić information content (AvgIpc) is 3.10. The summed E-state index contributed by atoms with van der Waals surface area (Å²) in [4.78, 5) is 19.7. The van der Waals surface area contributed by atoms with Crippen molar-refractivity contribution in [2.24, 2.45) is 16.6 Å². The third-order valence-electron chi connectivity index (χ3n) is 7.79. The fourth-order valence-corrected chi connectivity index (χ4v) is 5.97. The summed E-state index contributed by atoms with van der Waals surface area (Å²) < 4.78 is 16.1. The van der Waals surface area contributed by atoms with E-state index in [0.717, 1.165) is 54.3 Å². The molecule has 3 N–H and O–H groups in total. The maximum Gasteiger partial charge on any atom is 0.237 e. The van der Waals surface area contributed by atoms with Gasteiger partial charge in [-0.3, -0.25) is 9.71 Å². The van der Waals surface area contributed by atoms with Gasteiger partial charge < -0.3 is 25.0 Å². The van der Waals surface area contributed by atoms with Crippen LogP contribution < -0.4 is 24.8 Å². The Balaban J connectivity index is 1.48. The molecule has 0 bridgehead atoms. The number of nitrogens with one attached hydrogen (secondary N) is 1.